The maximum Gasteiger partial charge on any atom is 0.155 e. The third-order valence-corrected chi connectivity index (χ3v) is 9.20. The van der Waals surface area contributed by atoms with Gasteiger partial charge in [-0.1, -0.05) is 32.3 Å². The lowest BCUT2D eigenvalue weighted by Gasteiger charge is -2.59. The highest BCUT2D eigenvalue weighted by Gasteiger charge is 2.65. The summed E-state index contributed by atoms with van der Waals surface area (Å²) in [6.07, 6.45) is 16.7. The van der Waals surface area contributed by atoms with Gasteiger partial charge in [0.1, 0.15) is 0 Å². The van der Waals surface area contributed by atoms with Gasteiger partial charge < -0.3 is 0 Å². The second-order valence-corrected chi connectivity index (χ2v) is 9.79. The predicted octanol–water partition coefficient (Wildman–Crippen LogP) is 5.12. The summed E-state index contributed by atoms with van der Waals surface area (Å²) in [4.78, 5) is 24.9. The van der Waals surface area contributed by atoms with E-state index in [1.165, 1.54) is 12.0 Å². The molecule has 0 saturated heterocycles. The summed E-state index contributed by atoms with van der Waals surface area (Å²) in [6, 6.07) is 0. The summed E-state index contributed by atoms with van der Waals surface area (Å²) in [5.41, 5.74) is 1.01. The molecule has 2 nitrogen and oxygen atoms in total. The van der Waals surface area contributed by atoms with Gasteiger partial charge in [-0.3, -0.25) is 9.59 Å². The van der Waals surface area contributed by atoms with E-state index in [0.29, 0.717) is 36.4 Å². The second-order valence-electron chi connectivity index (χ2n) is 9.79. The largest absolute Gasteiger partial charge is 0.298 e. The van der Waals surface area contributed by atoms with Gasteiger partial charge in [-0.25, -0.2) is 0 Å². The fourth-order valence-electron chi connectivity index (χ4n) is 7.68. The van der Waals surface area contributed by atoms with E-state index in [1.54, 1.807) is 0 Å². The monoisotopic (exact) mass is 352 g/mol. The van der Waals surface area contributed by atoms with E-state index in [9.17, 15) is 9.59 Å². The van der Waals surface area contributed by atoms with Crippen LogP contribution in [-0.2, 0) is 9.59 Å². The molecular weight excluding hydrogens is 320 g/mol. The molecule has 0 spiro atoms. The topological polar surface area (TPSA) is 34.1 Å². The maximum absolute atomic E-state index is 12.9. The smallest absolute Gasteiger partial charge is 0.155 e. The van der Waals surface area contributed by atoms with Crippen molar-refractivity contribution in [3.8, 4) is 12.3 Å². The molecule has 3 saturated carbocycles. The van der Waals surface area contributed by atoms with Gasteiger partial charge in [0.15, 0.2) is 11.6 Å². The van der Waals surface area contributed by atoms with Crippen LogP contribution >= 0.6 is 0 Å². The molecule has 6 atom stereocenters. The number of hydrogen-bond acceptors (Lipinski definition) is 2. The Balaban J connectivity index is 1.71. The number of terminal acetylenes is 1. The van der Waals surface area contributed by atoms with Crippen molar-refractivity contribution in [3.05, 3.63) is 11.6 Å². The Bertz CT molecular complexity index is 725. The number of Topliss-reactive ketones (excluding diaryl/α,β-unsaturated/α-hetero) is 1. The van der Waals surface area contributed by atoms with Crippen LogP contribution in [-0.4, -0.2) is 11.6 Å². The number of carbonyl (C=O) groups is 2. The van der Waals surface area contributed by atoms with Crippen LogP contribution in [0, 0.1) is 46.3 Å². The molecule has 0 amide bonds. The summed E-state index contributed by atoms with van der Waals surface area (Å²) in [5, 5.41) is 0. The van der Waals surface area contributed by atoms with Crippen molar-refractivity contribution >= 4 is 11.6 Å². The third kappa shape index (κ3) is 2.07. The molecule has 4 aliphatic rings. The van der Waals surface area contributed by atoms with Gasteiger partial charge in [0.05, 0.1) is 5.41 Å². The fraction of sp³-hybridized carbons (Fsp3) is 0.750. The predicted molar refractivity (Wildman–Crippen MR) is 103 cm³/mol. The zero-order valence-corrected chi connectivity index (χ0v) is 16.6. The molecule has 4 aliphatic carbocycles. The number of carbonyl (C=O) groups excluding carboxylic acids is 2. The summed E-state index contributed by atoms with van der Waals surface area (Å²) in [5.74, 6) is 5.50. The molecule has 3 fully saturated rings. The summed E-state index contributed by atoms with van der Waals surface area (Å²) >= 11 is 0. The van der Waals surface area contributed by atoms with Gasteiger partial charge in [0.2, 0.25) is 0 Å². The van der Waals surface area contributed by atoms with E-state index >= 15 is 0 Å². The van der Waals surface area contributed by atoms with Crippen molar-refractivity contribution < 1.29 is 9.59 Å². The lowest BCUT2D eigenvalue weighted by atomic mass is 9.45. The van der Waals surface area contributed by atoms with Crippen molar-refractivity contribution in [1.82, 2.24) is 0 Å². The number of allylic oxidation sites excluding steroid dienone is 1. The van der Waals surface area contributed by atoms with E-state index in [2.05, 4.69) is 19.8 Å². The van der Waals surface area contributed by atoms with Crippen LogP contribution in [0.2, 0.25) is 0 Å². The molecule has 0 aromatic heterocycles. The molecule has 0 radical (unpaired) electrons. The van der Waals surface area contributed by atoms with Gasteiger partial charge in [-0.2, -0.15) is 0 Å². The molecule has 0 unspecified atom stereocenters. The number of hydrogen-bond donors (Lipinski definition) is 0. The molecule has 4 rings (SSSR count). The Morgan fingerprint density at radius 1 is 1.15 bits per heavy atom. The SMILES string of the molecule is C#C[C@]1(C(=O)CC)CC[C@H]2[C@@H]3CCC4=CC(=O)CC[C@]4(C)[C@H]3CC[C@@]21C. The van der Waals surface area contributed by atoms with Crippen molar-refractivity contribution in [2.45, 2.75) is 78.6 Å². The molecule has 0 heterocycles. The van der Waals surface area contributed by atoms with E-state index in [4.69, 9.17) is 6.42 Å². The van der Waals surface area contributed by atoms with Crippen LogP contribution in [0.1, 0.15) is 78.6 Å². The molecule has 0 bridgehead atoms. The molecule has 0 aromatic rings. The van der Waals surface area contributed by atoms with Gasteiger partial charge in [0.25, 0.3) is 0 Å². The van der Waals surface area contributed by atoms with Crippen molar-refractivity contribution in [2.24, 2.45) is 34.0 Å². The summed E-state index contributed by atoms with van der Waals surface area (Å²) < 4.78 is 0. The molecule has 2 heteroatoms. The zero-order valence-electron chi connectivity index (χ0n) is 16.6. The summed E-state index contributed by atoms with van der Waals surface area (Å²) in [7, 11) is 0. The standard InChI is InChI=1S/C24H32O2/c1-5-21(26)24(6-2)14-11-20-18-8-7-16-15-17(25)9-12-22(16,3)19(18)10-13-23(20,24)4/h2,15,18-20H,5,7-14H2,1,3-4H3/t18-,19+,20+,22+,23+,24-/m1/s1. The minimum Gasteiger partial charge on any atom is -0.298 e. The number of rotatable bonds is 2. The van der Waals surface area contributed by atoms with Crippen LogP contribution < -0.4 is 0 Å². The van der Waals surface area contributed by atoms with Crippen LogP contribution in [0.25, 0.3) is 0 Å². The summed E-state index contributed by atoms with van der Waals surface area (Å²) in [6.45, 7) is 6.69. The Morgan fingerprint density at radius 2 is 1.88 bits per heavy atom. The van der Waals surface area contributed by atoms with Gasteiger partial charge >= 0.3 is 0 Å². The minimum absolute atomic E-state index is 0.0436. The lowest BCUT2D eigenvalue weighted by Crippen LogP contribution is -2.54. The maximum atomic E-state index is 12.9. The van der Waals surface area contributed by atoms with Crippen LogP contribution in [0.4, 0.5) is 0 Å². The Labute approximate surface area is 158 Å². The Kier molecular flexibility index (Phi) is 4.03. The highest BCUT2D eigenvalue weighted by Crippen LogP contribution is 2.70. The quantitative estimate of drug-likeness (QED) is 0.647. The van der Waals surface area contributed by atoms with Gasteiger partial charge in [-0.05, 0) is 79.6 Å². The highest BCUT2D eigenvalue weighted by atomic mass is 16.1. The van der Waals surface area contributed by atoms with Crippen molar-refractivity contribution in [1.29, 1.82) is 0 Å². The van der Waals surface area contributed by atoms with Crippen LogP contribution in [0.15, 0.2) is 11.6 Å². The number of ketones is 2. The second kappa shape index (κ2) is 5.82. The zero-order chi connectivity index (χ0) is 18.7. The van der Waals surface area contributed by atoms with E-state index < -0.39 is 5.41 Å². The van der Waals surface area contributed by atoms with Crippen LogP contribution in [0.5, 0.6) is 0 Å². The molecule has 140 valence electrons. The van der Waals surface area contributed by atoms with Gasteiger partial charge in [0, 0.05) is 12.8 Å². The fourth-order valence-corrected chi connectivity index (χ4v) is 7.68. The molecule has 0 aromatic carbocycles. The van der Waals surface area contributed by atoms with E-state index in [-0.39, 0.29) is 16.6 Å². The van der Waals surface area contributed by atoms with Crippen molar-refractivity contribution in [2.75, 3.05) is 0 Å². The first-order chi connectivity index (χ1) is 12.3. The average molecular weight is 353 g/mol. The van der Waals surface area contributed by atoms with Crippen molar-refractivity contribution in [3.63, 3.8) is 0 Å². The van der Waals surface area contributed by atoms with Crippen LogP contribution in [0.3, 0.4) is 0 Å². The minimum atomic E-state index is -0.545. The first-order valence-corrected chi connectivity index (χ1v) is 10.6. The highest BCUT2D eigenvalue weighted by molar-refractivity contribution is 5.91. The lowest BCUT2D eigenvalue weighted by molar-refractivity contribution is -0.136. The number of fused-ring (bicyclic) bond motifs is 5. The Morgan fingerprint density at radius 3 is 2.58 bits per heavy atom. The molecular formula is C24H32O2. The first kappa shape index (κ1) is 18.0. The Hall–Kier alpha value is -1.36. The third-order valence-electron chi connectivity index (χ3n) is 9.20. The van der Waals surface area contributed by atoms with E-state index in [1.807, 2.05) is 13.0 Å². The first-order valence-electron chi connectivity index (χ1n) is 10.6. The molecule has 26 heavy (non-hydrogen) atoms. The van der Waals surface area contributed by atoms with Gasteiger partial charge in [-0.15, -0.1) is 6.42 Å². The van der Waals surface area contributed by atoms with E-state index in [0.717, 1.165) is 38.5 Å². The normalized spacial score (nSPS) is 47.2. The molecule has 0 aliphatic heterocycles. The molecule has 0 N–H and O–H groups in total. The average Bonchev–Trinajstić information content (AvgIpc) is 2.95.